The highest BCUT2D eigenvalue weighted by Gasteiger charge is 2.48. The predicted octanol–water partition coefficient (Wildman–Crippen LogP) is 4.19. The molecule has 0 saturated carbocycles. The van der Waals surface area contributed by atoms with E-state index >= 15 is 0 Å². The molecule has 2 aliphatic rings. The standard InChI is InChI=1S/C36H37FN8O3/c1-24(46)36(35(48)40-28-9-12-31-30(21-28)33(42-41-31)25-3-7-27(37)8-4-25)13-16-43(23-36)22-32(47)45-19-17-44(18-20-45)29-10-5-26(6-11-29)34-38-14-2-15-39-34/h2-12,14-15,21,24,46H,13,16-20,22-23H2,1H3,(H,40,48)(H,41,42). The molecule has 0 aliphatic carbocycles. The van der Waals surface area contributed by atoms with Gasteiger partial charge in [-0.2, -0.15) is 5.10 Å². The number of hydrogen-bond acceptors (Lipinski definition) is 8. The van der Waals surface area contributed by atoms with Gasteiger partial charge < -0.3 is 20.2 Å². The highest BCUT2D eigenvalue weighted by Crippen LogP contribution is 2.36. The van der Waals surface area contributed by atoms with Crippen molar-refractivity contribution in [1.29, 1.82) is 0 Å². The number of aromatic amines is 1. The van der Waals surface area contributed by atoms with Crippen molar-refractivity contribution in [3.8, 4) is 22.6 Å². The van der Waals surface area contributed by atoms with Crippen LogP contribution in [0.15, 0.2) is 85.2 Å². The van der Waals surface area contributed by atoms with Crippen molar-refractivity contribution in [2.24, 2.45) is 5.41 Å². The molecule has 3 aromatic carbocycles. The number of piperazine rings is 1. The highest BCUT2D eigenvalue weighted by atomic mass is 19.1. The Morgan fingerprint density at radius 2 is 1.67 bits per heavy atom. The number of carbonyl (C=O) groups is 2. The van der Waals surface area contributed by atoms with Crippen molar-refractivity contribution >= 4 is 34.1 Å². The van der Waals surface area contributed by atoms with Crippen molar-refractivity contribution in [2.45, 2.75) is 19.4 Å². The number of aliphatic hydroxyl groups excluding tert-OH is 1. The van der Waals surface area contributed by atoms with Crippen LogP contribution in [0.1, 0.15) is 13.3 Å². The molecule has 12 heteroatoms. The Labute approximate surface area is 277 Å². The van der Waals surface area contributed by atoms with Gasteiger partial charge in [0.25, 0.3) is 0 Å². The first-order chi connectivity index (χ1) is 23.3. The third kappa shape index (κ3) is 6.24. The molecule has 4 heterocycles. The number of aliphatic hydroxyl groups is 1. The minimum atomic E-state index is -1.07. The summed E-state index contributed by atoms with van der Waals surface area (Å²) in [7, 11) is 0. The van der Waals surface area contributed by atoms with Gasteiger partial charge in [0.2, 0.25) is 11.8 Å². The fraction of sp³-hybridized carbons (Fsp3) is 0.306. The van der Waals surface area contributed by atoms with Crippen LogP contribution in [0.2, 0.25) is 0 Å². The maximum Gasteiger partial charge on any atom is 0.236 e. The van der Waals surface area contributed by atoms with Crippen LogP contribution in [-0.2, 0) is 9.59 Å². The van der Waals surface area contributed by atoms with Crippen molar-refractivity contribution in [2.75, 3.05) is 56.0 Å². The Hall–Kier alpha value is -5.20. The summed E-state index contributed by atoms with van der Waals surface area (Å²) in [6.45, 7) is 5.27. The quantitative estimate of drug-likeness (QED) is 0.229. The number of amides is 2. The SMILES string of the molecule is CC(O)C1(C(=O)Nc2ccc3[nH]nc(-c4ccc(F)cc4)c3c2)CCN(CC(=O)N2CCN(c3ccc(-c4ncccn4)cc3)CC2)C1. The zero-order valence-electron chi connectivity index (χ0n) is 26.6. The fourth-order valence-corrected chi connectivity index (χ4v) is 6.72. The summed E-state index contributed by atoms with van der Waals surface area (Å²) < 4.78 is 13.5. The van der Waals surface area contributed by atoms with Crippen molar-refractivity contribution in [3.05, 3.63) is 91.0 Å². The van der Waals surface area contributed by atoms with E-state index in [0.717, 1.165) is 40.8 Å². The lowest BCUT2D eigenvalue weighted by atomic mass is 9.80. The number of rotatable bonds is 8. The van der Waals surface area contributed by atoms with Crippen LogP contribution in [0.5, 0.6) is 0 Å². The molecule has 0 radical (unpaired) electrons. The predicted molar refractivity (Wildman–Crippen MR) is 182 cm³/mol. The second-order valence-electron chi connectivity index (χ2n) is 12.6. The van der Waals surface area contributed by atoms with Gasteiger partial charge in [-0.15, -0.1) is 0 Å². The number of carbonyl (C=O) groups excluding carboxylic acids is 2. The number of benzene rings is 3. The summed E-state index contributed by atoms with van der Waals surface area (Å²) in [5.41, 5.74) is 3.71. The number of hydrogen-bond donors (Lipinski definition) is 3. The lowest BCUT2D eigenvalue weighted by molar-refractivity contribution is -0.134. The molecular formula is C36H37FN8O3. The molecule has 2 saturated heterocycles. The lowest BCUT2D eigenvalue weighted by Crippen LogP contribution is -2.52. The number of nitrogens with zero attached hydrogens (tertiary/aromatic N) is 6. The van der Waals surface area contributed by atoms with Crippen molar-refractivity contribution < 1.29 is 19.1 Å². The van der Waals surface area contributed by atoms with E-state index in [1.165, 1.54) is 12.1 Å². The van der Waals surface area contributed by atoms with Crippen LogP contribution in [0.3, 0.4) is 0 Å². The molecule has 2 aromatic heterocycles. The normalized spacial score (nSPS) is 19.1. The van der Waals surface area contributed by atoms with Gasteiger partial charge in [0.1, 0.15) is 5.82 Å². The molecule has 7 rings (SSSR count). The summed E-state index contributed by atoms with van der Waals surface area (Å²) in [5.74, 6) is 0.0811. The monoisotopic (exact) mass is 648 g/mol. The Bertz CT molecular complexity index is 1910. The van der Waals surface area contributed by atoms with E-state index in [4.69, 9.17) is 0 Å². The van der Waals surface area contributed by atoms with Crippen LogP contribution in [-0.4, -0.2) is 98.8 Å². The van der Waals surface area contributed by atoms with Crippen LogP contribution < -0.4 is 10.2 Å². The molecule has 2 atom stereocenters. The third-order valence-electron chi connectivity index (χ3n) is 9.62. The molecule has 5 aromatic rings. The second-order valence-corrected chi connectivity index (χ2v) is 12.6. The zero-order chi connectivity index (χ0) is 33.3. The Morgan fingerprint density at radius 3 is 2.38 bits per heavy atom. The molecule has 2 fully saturated rings. The van der Waals surface area contributed by atoms with Gasteiger partial charge in [-0.1, -0.05) is 0 Å². The van der Waals surface area contributed by atoms with E-state index in [1.54, 1.807) is 43.6 Å². The number of halogens is 1. The molecule has 2 amide bonds. The van der Waals surface area contributed by atoms with Crippen molar-refractivity contribution in [3.63, 3.8) is 0 Å². The maximum absolute atomic E-state index is 13.8. The van der Waals surface area contributed by atoms with E-state index in [1.807, 2.05) is 34.1 Å². The van der Waals surface area contributed by atoms with E-state index in [9.17, 15) is 19.1 Å². The van der Waals surface area contributed by atoms with Crippen molar-refractivity contribution in [1.82, 2.24) is 30.0 Å². The number of H-pyrrole nitrogens is 1. The molecule has 2 unspecified atom stereocenters. The van der Waals surface area contributed by atoms with Crippen LogP contribution >= 0.6 is 0 Å². The number of likely N-dealkylation sites (tertiary alicyclic amines) is 1. The van der Waals surface area contributed by atoms with Gasteiger partial charge in [-0.3, -0.25) is 19.6 Å². The second kappa shape index (κ2) is 13.1. The minimum absolute atomic E-state index is 0.0201. The minimum Gasteiger partial charge on any atom is -0.392 e. The largest absolute Gasteiger partial charge is 0.392 e. The van der Waals surface area contributed by atoms with Gasteiger partial charge in [0, 0.05) is 73.0 Å². The van der Waals surface area contributed by atoms with E-state index in [2.05, 4.69) is 42.5 Å². The smallest absolute Gasteiger partial charge is 0.236 e. The van der Waals surface area contributed by atoms with Gasteiger partial charge in [0.05, 0.1) is 29.3 Å². The molecule has 11 nitrogen and oxygen atoms in total. The number of fused-ring (bicyclic) bond motifs is 1. The summed E-state index contributed by atoms with van der Waals surface area (Å²) in [6, 6.07) is 21.5. The van der Waals surface area contributed by atoms with Gasteiger partial charge in [0.15, 0.2) is 5.82 Å². The Morgan fingerprint density at radius 1 is 0.958 bits per heavy atom. The molecular weight excluding hydrogens is 611 g/mol. The Kier molecular flexibility index (Phi) is 8.59. The fourth-order valence-electron chi connectivity index (χ4n) is 6.72. The average molecular weight is 649 g/mol. The number of anilines is 2. The van der Waals surface area contributed by atoms with Gasteiger partial charge >= 0.3 is 0 Å². The number of nitrogens with one attached hydrogen (secondary N) is 2. The molecule has 48 heavy (non-hydrogen) atoms. The van der Waals surface area contributed by atoms with Crippen LogP contribution in [0.25, 0.3) is 33.5 Å². The average Bonchev–Trinajstić information content (AvgIpc) is 3.74. The molecule has 0 bridgehead atoms. The summed E-state index contributed by atoms with van der Waals surface area (Å²) in [6.07, 6.45) is 2.96. The highest BCUT2D eigenvalue weighted by molar-refractivity contribution is 6.00. The zero-order valence-corrected chi connectivity index (χ0v) is 26.6. The molecule has 0 spiro atoms. The summed E-state index contributed by atoms with van der Waals surface area (Å²) >= 11 is 0. The summed E-state index contributed by atoms with van der Waals surface area (Å²) in [5, 5.41) is 22.1. The Balaban J connectivity index is 0.957. The first-order valence-electron chi connectivity index (χ1n) is 16.2. The maximum atomic E-state index is 13.8. The lowest BCUT2D eigenvalue weighted by Gasteiger charge is -2.37. The summed E-state index contributed by atoms with van der Waals surface area (Å²) in [4.78, 5) is 41.9. The third-order valence-corrected chi connectivity index (χ3v) is 9.62. The van der Waals surface area contributed by atoms with E-state index in [0.29, 0.717) is 43.3 Å². The van der Waals surface area contributed by atoms with Crippen LogP contribution in [0.4, 0.5) is 15.8 Å². The van der Waals surface area contributed by atoms with Gasteiger partial charge in [-0.25, -0.2) is 14.4 Å². The molecule has 2 aliphatic heterocycles. The first-order valence-corrected chi connectivity index (χ1v) is 16.2. The molecule has 3 N–H and O–H groups in total. The van der Waals surface area contributed by atoms with E-state index in [-0.39, 0.29) is 30.7 Å². The molecule has 246 valence electrons. The van der Waals surface area contributed by atoms with E-state index < -0.39 is 11.5 Å². The van der Waals surface area contributed by atoms with Gasteiger partial charge in [-0.05, 0) is 92.7 Å². The topological polar surface area (TPSA) is 131 Å². The first kappa shape index (κ1) is 31.4. The number of aromatic nitrogens is 4. The van der Waals surface area contributed by atoms with Crippen LogP contribution in [0, 0.1) is 11.2 Å².